The van der Waals surface area contributed by atoms with Gasteiger partial charge in [-0.15, -0.1) is 0 Å². The number of halogens is 1. The molecule has 2 amide bonds. The van der Waals surface area contributed by atoms with Crippen LogP contribution in [0.4, 0.5) is 10.5 Å². The van der Waals surface area contributed by atoms with E-state index in [0.717, 1.165) is 17.9 Å². The Kier molecular flexibility index (Phi) is 8.63. The number of benzene rings is 2. The Morgan fingerprint density at radius 1 is 1.23 bits per heavy atom. The fourth-order valence-electron chi connectivity index (χ4n) is 3.87. The Balaban J connectivity index is 1.31. The average molecular weight is 499 g/mol. The summed E-state index contributed by atoms with van der Waals surface area (Å²) in [6.45, 7) is 3.98. The van der Waals surface area contributed by atoms with Crippen LogP contribution < -0.4 is 15.4 Å². The first kappa shape index (κ1) is 25.0. The number of carbonyl (C=O) groups is 1. The molecule has 1 aliphatic heterocycles. The van der Waals surface area contributed by atoms with Gasteiger partial charge in [0.2, 0.25) is 0 Å². The van der Waals surface area contributed by atoms with Gasteiger partial charge in [-0.3, -0.25) is 0 Å². The van der Waals surface area contributed by atoms with Crippen molar-refractivity contribution in [3.05, 3.63) is 77.8 Å². The van der Waals surface area contributed by atoms with Gasteiger partial charge < -0.3 is 29.4 Å². The molecule has 1 aliphatic rings. The molecule has 1 saturated heterocycles. The smallest absolute Gasteiger partial charge is 0.319 e. The number of rotatable bonds is 11. The van der Waals surface area contributed by atoms with Crippen LogP contribution in [0.5, 0.6) is 5.75 Å². The van der Waals surface area contributed by atoms with Crippen molar-refractivity contribution < 1.29 is 19.0 Å². The highest BCUT2D eigenvalue weighted by atomic mass is 35.5. The van der Waals surface area contributed by atoms with Gasteiger partial charge in [0, 0.05) is 36.1 Å². The van der Waals surface area contributed by atoms with E-state index in [-0.39, 0.29) is 12.1 Å². The summed E-state index contributed by atoms with van der Waals surface area (Å²) in [4.78, 5) is 15.9. The lowest BCUT2D eigenvalue weighted by molar-refractivity contribution is -0.184. The van der Waals surface area contributed by atoms with Crippen LogP contribution in [0.2, 0.25) is 5.02 Å². The van der Waals surface area contributed by atoms with Gasteiger partial charge in [0.05, 0.1) is 19.5 Å². The fourth-order valence-corrected chi connectivity index (χ4v) is 4.00. The van der Waals surface area contributed by atoms with Crippen LogP contribution in [0.3, 0.4) is 0 Å². The molecule has 1 aromatic heterocycles. The van der Waals surface area contributed by atoms with Crippen molar-refractivity contribution in [3.63, 3.8) is 0 Å². The lowest BCUT2D eigenvalue weighted by Crippen LogP contribution is -2.37. The number of amides is 2. The van der Waals surface area contributed by atoms with Gasteiger partial charge in [-0.05, 0) is 54.8 Å². The second kappa shape index (κ2) is 12.1. The molecule has 35 heavy (non-hydrogen) atoms. The number of nitrogens with zero attached hydrogens (tertiary/aromatic N) is 2. The predicted octanol–water partition coefficient (Wildman–Crippen LogP) is 4.89. The Labute approximate surface area is 210 Å². The second-order valence-electron chi connectivity index (χ2n) is 8.54. The summed E-state index contributed by atoms with van der Waals surface area (Å²) in [6, 6.07) is 14.9. The normalized spacial score (nSPS) is 19.4. The van der Waals surface area contributed by atoms with E-state index in [0.29, 0.717) is 44.2 Å². The number of ether oxygens (including phenoxy) is 3. The molecule has 3 aromatic rings. The Morgan fingerprint density at radius 3 is 2.74 bits per heavy atom. The van der Waals surface area contributed by atoms with Crippen LogP contribution in [0.25, 0.3) is 0 Å². The summed E-state index contributed by atoms with van der Waals surface area (Å²) in [5, 5.41) is 6.30. The summed E-state index contributed by atoms with van der Waals surface area (Å²) in [6.07, 6.45) is 7.56. The third-order valence-electron chi connectivity index (χ3n) is 5.69. The summed E-state index contributed by atoms with van der Waals surface area (Å²) < 4.78 is 20.6. The van der Waals surface area contributed by atoms with Crippen molar-refractivity contribution in [2.75, 3.05) is 25.1 Å². The molecule has 0 radical (unpaired) electrons. The first-order valence-corrected chi connectivity index (χ1v) is 12.2. The number of hydrogen-bond acceptors (Lipinski definition) is 5. The van der Waals surface area contributed by atoms with Gasteiger partial charge in [-0.2, -0.15) is 0 Å². The summed E-state index contributed by atoms with van der Waals surface area (Å²) in [5.41, 5.74) is 1.87. The van der Waals surface area contributed by atoms with E-state index in [9.17, 15) is 4.79 Å². The largest absolute Gasteiger partial charge is 0.491 e. The minimum absolute atomic E-state index is 0.207. The van der Waals surface area contributed by atoms with E-state index < -0.39 is 5.79 Å². The minimum atomic E-state index is -0.770. The van der Waals surface area contributed by atoms with Crippen molar-refractivity contribution in [3.8, 4) is 5.75 Å². The molecule has 186 valence electrons. The Morgan fingerprint density at radius 2 is 2.03 bits per heavy atom. The molecule has 4 rings (SSSR count). The van der Waals surface area contributed by atoms with Gasteiger partial charge in [0.15, 0.2) is 5.79 Å². The molecule has 0 spiro atoms. The van der Waals surface area contributed by atoms with Crippen LogP contribution in [0, 0.1) is 0 Å². The molecule has 2 N–H and O–H groups in total. The third kappa shape index (κ3) is 7.45. The van der Waals surface area contributed by atoms with E-state index in [1.54, 1.807) is 12.5 Å². The quantitative estimate of drug-likeness (QED) is 0.393. The molecule has 0 saturated carbocycles. The molecule has 0 aliphatic carbocycles. The fraction of sp³-hybridized carbons (Fsp3) is 0.385. The van der Waals surface area contributed by atoms with Crippen LogP contribution in [-0.2, 0) is 22.4 Å². The van der Waals surface area contributed by atoms with E-state index in [2.05, 4.69) is 15.6 Å². The zero-order valence-electron chi connectivity index (χ0n) is 19.8. The molecule has 8 nitrogen and oxygen atoms in total. The maximum absolute atomic E-state index is 11.8. The zero-order valence-corrected chi connectivity index (χ0v) is 20.5. The van der Waals surface area contributed by atoms with Gasteiger partial charge >= 0.3 is 6.03 Å². The van der Waals surface area contributed by atoms with Crippen molar-refractivity contribution >= 4 is 23.3 Å². The third-order valence-corrected chi connectivity index (χ3v) is 5.94. The number of urea groups is 1. The number of nitrogens with one attached hydrogen (secondary N) is 2. The SMILES string of the molecule is CCCNC(=O)Nc1ccc(OCC2COC(CCc3ccc(Cl)cc3)(Cn3ccnc3)O2)cc1. The standard InChI is InChI=1S/C26H31ClN4O4/c1-2-13-29-25(32)30-22-7-9-23(10-8-22)33-16-24-17-34-26(35-24,18-31-15-14-28-19-31)12-11-20-3-5-21(27)6-4-20/h3-10,14-15,19,24H,2,11-13,16-18H2,1H3,(H2,29,30,32). The maximum atomic E-state index is 11.8. The summed E-state index contributed by atoms with van der Waals surface area (Å²) in [7, 11) is 0. The molecule has 0 bridgehead atoms. The number of imidazole rings is 1. The number of aromatic nitrogens is 2. The molecule has 2 aromatic carbocycles. The molecule has 2 heterocycles. The van der Waals surface area contributed by atoms with Gasteiger partial charge in [0.25, 0.3) is 0 Å². The van der Waals surface area contributed by atoms with Crippen molar-refractivity contribution in [1.29, 1.82) is 0 Å². The molecular formula is C26H31ClN4O4. The van der Waals surface area contributed by atoms with Crippen LogP contribution >= 0.6 is 11.6 Å². The van der Waals surface area contributed by atoms with Gasteiger partial charge in [0.1, 0.15) is 18.5 Å². The van der Waals surface area contributed by atoms with E-state index >= 15 is 0 Å². The van der Waals surface area contributed by atoms with Crippen LogP contribution in [0.1, 0.15) is 25.3 Å². The van der Waals surface area contributed by atoms with Gasteiger partial charge in [-0.1, -0.05) is 30.7 Å². The first-order valence-electron chi connectivity index (χ1n) is 11.8. The Hall–Kier alpha value is -3.07. The number of hydrogen-bond donors (Lipinski definition) is 2. The monoisotopic (exact) mass is 498 g/mol. The van der Waals surface area contributed by atoms with Crippen LogP contribution in [-0.4, -0.2) is 47.2 Å². The Bertz CT molecular complexity index is 1060. The number of carbonyl (C=O) groups excluding carboxylic acids is 1. The molecule has 2 atom stereocenters. The van der Waals surface area contributed by atoms with Gasteiger partial charge in [-0.25, -0.2) is 9.78 Å². The molecule has 9 heteroatoms. The van der Waals surface area contributed by atoms with Crippen molar-refractivity contribution in [2.24, 2.45) is 0 Å². The lowest BCUT2D eigenvalue weighted by atomic mass is 10.0. The predicted molar refractivity (Wildman–Crippen MR) is 135 cm³/mol. The average Bonchev–Trinajstić information content (AvgIpc) is 3.52. The van der Waals surface area contributed by atoms with Crippen molar-refractivity contribution in [2.45, 2.75) is 44.6 Å². The molecule has 1 fully saturated rings. The van der Waals surface area contributed by atoms with E-state index in [1.165, 1.54) is 5.56 Å². The van der Waals surface area contributed by atoms with Crippen LogP contribution in [0.15, 0.2) is 67.3 Å². The van der Waals surface area contributed by atoms with E-state index in [4.69, 9.17) is 25.8 Å². The highest BCUT2D eigenvalue weighted by Crippen LogP contribution is 2.31. The summed E-state index contributed by atoms with van der Waals surface area (Å²) in [5.74, 6) is -0.0741. The van der Waals surface area contributed by atoms with E-state index in [1.807, 2.05) is 66.2 Å². The topological polar surface area (TPSA) is 86.6 Å². The first-order chi connectivity index (χ1) is 17.0. The summed E-state index contributed by atoms with van der Waals surface area (Å²) >= 11 is 6.02. The second-order valence-corrected chi connectivity index (χ2v) is 8.98. The maximum Gasteiger partial charge on any atom is 0.319 e. The zero-order chi connectivity index (χ0) is 24.5. The number of anilines is 1. The highest BCUT2D eigenvalue weighted by Gasteiger charge is 2.42. The molecular weight excluding hydrogens is 468 g/mol. The number of aryl methyl sites for hydroxylation is 1. The molecule has 2 unspecified atom stereocenters. The van der Waals surface area contributed by atoms with Crippen molar-refractivity contribution in [1.82, 2.24) is 14.9 Å². The minimum Gasteiger partial charge on any atom is -0.491 e. The highest BCUT2D eigenvalue weighted by molar-refractivity contribution is 6.30. The lowest BCUT2D eigenvalue weighted by Gasteiger charge is -2.28.